The third-order valence-electron chi connectivity index (χ3n) is 2.34. The zero-order valence-electron chi connectivity index (χ0n) is 9.51. The van der Waals surface area contributed by atoms with Gasteiger partial charge in [0.25, 0.3) is 0 Å². The van der Waals surface area contributed by atoms with Gasteiger partial charge in [0.15, 0.2) is 0 Å². The van der Waals surface area contributed by atoms with Crippen LogP contribution in [0.25, 0.3) is 0 Å². The smallest absolute Gasteiger partial charge is 0.131 e. The summed E-state index contributed by atoms with van der Waals surface area (Å²) in [7, 11) is 0. The Kier molecular flexibility index (Phi) is 7.65. The molecule has 1 fully saturated rings. The molecule has 0 aliphatic carbocycles. The van der Waals surface area contributed by atoms with Crippen LogP contribution in [0.5, 0.6) is 0 Å². The molecule has 1 unspecified atom stereocenters. The van der Waals surface area contributed by atoms with Crippen molar-refractivity contribution in [2.24, 2.45) is 0 Å². The number of hydrogen-bond donors (Lipinski definition) is 2. The highest BCUT2D eigenvalue weighted by Crippen LogP contribution is 2.01. The van der Waals surface area contributed by atoms with Gasteiger partial charge in [-0.25, -0.2) is 0 Å². The van der Waals surface area contributed by atoms with Crippen LogP contribution in [0.3, 0.4) is 0 Å². The van der Waals surface area contributed by atoms with Crippen LogP contribution in [0.1, 0.15) is 0 Å². The normalized spacial score (nSPS) is 19.9. The van der Waals surface area contributed by atoms with Gasteiger partial charge in [0.1, 0.15) is 6.23 Å². The Bertz CT molecular complexity index is 163. The summed E-state index contributed by atoms with van der Waals surface area (Å²) >= 11 is 0. The van der Waals surface area contributed by atoms with Gasteiger partial charge in [-0.05, 0) is 0 Å². The maximum absolute atomic E-state index is 9.74. The zero-order chi connectivity index (χ0) is 11.6. The largest absolute Gasteiger partial charge is 0.394 e. The van der Waals surface area contributed by atoms with E-state index < -0.39 is 6.23 Å². The van der Waals surface area contributed by atoms with E-state index in [1.165, 1.54) is 0 Å². The van der Waals surface area contributed by atoms with E-state index in [-0.39, 0.29) is 13.2 Å². The summed E-state index contributed by atoms with van der Waals surface area (Å²) in [5, 5.41) is 18.2. The minimum Gasteiger partial charge on any atom is -0.394 e. The van der Waals surface area contributed by atoms with Crippen molar-refractivity contribution in [3.8, 4) is 0 Å². The Morgan fingerprint density at radius 2 is 1.81 bits per heavy atom. The van der Waals surface area contributed by atoms with Gasteiger partial charge in [0, 0.05) is 13.1 Å². The number of hydrogen-bond acceptors (Lipinski definition) is 6. The third kappa shape index (κ3) is 5.74. The highest BCUT2D eigenvalue weighted by atomic mass is 16.5. The molecule has 0 aromatic carbocycles. The molecule has 1 atom stereocenters. The molecule has 1 aliphatic rings. The lowest BCUT2D eigenvalue weighted by atomic mass is 10.4. The number of morpholine rings is 1. The van der Waals surface area contributed by atoms with E-state index >= 15 is 0 Å². The van der Waals surface area contributed by atoms with Crippen molar-refractivity contribution < 1.29 is 24.4 Å². The van der Waals surface area contributed by atoms with Gasteiger partial charge in [-0.1, -0.05) is 0 Å². The van der Waals surface area contributed by atoms with Gasteiger partial charge in [-0.2, -0.15) is 0 Å². The number of ether oxygens (including phenoxy) is 3. The Morgan fingerprint density at radius 1 is 1.12 bits per heavy atom. The Morgan fingerprint density at radius 3 is 2.50 bits per heavy atom. The van der Waals surface area contributed by atoms with Gasteiger partial charge < -0.3 is 24.4 Å². The molecule has 0 aromatic heterocycles. The minimum atomic E-state index is -0.568. The van der Waals surface area contributed by atoms with E-state index in [0.29, 0.717) is 33.0 Å². The first-order chi connectivity index (χ1) is 7.84. The minimum absolute atomic E-state index is 0.0242. The fourth-order valence-corrected chi connectivity index (χ4v) is 1.45. The molecule has 1 saturated heterocycles. The second kappa shape index (κ2) is 8.86. The van der Waals surface area contributed by atoms with E-state index in [0.717, 1.165) is 13.1 Å². The van der Waals surface area contributed by atoms with Crippen LogP contribution in [-0.2, 0) is 14.2 Å². The summed E-state index contributed by atoms with van der Waals surface area (Å²) in [4.78, 5) is 1.93. The molecule has 1 heterocycles. The summed E-state index contributed by atoms with van der Waals surface area (Å²) in [6, 6.07) is 0. The predicted octanol–water partition coefficient (Wildman–Crippen LogP) is -1.34. The molecule has 6 heteroatoms. The molecule has 1 rings (SSSR count). The molecule has 0 saturated carbocycles. The zero-order valence-corrected chi connectivity index (χ0v) is 9.51. The molecule has 16 heavy (non-hydrogen) atoms. The summed E-state index contributed by atoms with van der Waals surface area (Å²) < 4.78 is 15.5. The van der Waals surface area contributed by atoms with E-state index in [1.807, 2.05) is 4.90 Å². The molecular formula is C10H21NO5. The summed E-state index contributed by atoms with van der Waals surface area (Å²) in [6.07, 6.45) is -0.568. The van der Waals surface area contributed by atoms with Gasteiger partial charge in [0.2, 0.25) is 0 Å². The Hall–Kier alpha value is -0.240. The lowest BCUT2D eigenvalue weighted by molar-refractivity contribution is -0.0982. The second-order valence-corrected chi connectivity index (χ2v) is 3.54. The number of aliphatic hydroxyl groups is 2. The second-order valence-electron chi connectivity index (χ2n) is 3.54. The fourth-order valence-electron chi connectivity index (χ4n) is 1.45. The Labute approximate surface area is 95.7 Å². The van der Waals surface area contributed by atoms with Gasteiger partial charge in [-0.15, -0.1) is 0 Å². The average Bonchev–Trinajstić information content (AvgIpc) is 2.34. The van der Waals surface area contributed by atoms with Gasteiger partial charge in [0.05, 0.1) is 46.2 Å². The first-order valence-corrected chi connectivity index (χ1v) is 5.61. The Balaban J connectivity index is 1.94. The van der Waals surface area contributed by atoms with Gasteiger partial charge >= 0.3 is 0 Å². The van der Waals surface area contributed by atoms with E-state index in [2.05, 4.69) is 0 Å². The molecule has 0 aromatic rings. The molecular weight excluding hydrogens is 214 g/mol. The summed E-state index contributed by atoms with van der Waals surface area (Å²) in [6.45, 7) is 4.32. The van der Waals surface area contributed by atoms with Crippen molar-refractivity contribution in [3.63, 3.8) is 0 Å². The quantitative estimate of drug-likeness (QED) is 0.508. The molecule has 0 bridgehead atoms. The van der Waals surface area contributed by atoms with Crippen LogP contribution in [0.15, 0.2) is 0 Å². The molecule has 96 valence electrons. The molecule has 0 spiro atoms. The predicted molar refractivity (Wildman–Crippen MR) is 57.1 cm³/mol. The molecule has 0 amide bonds. The van der Waals surface area contributed by atoms with Crippen LogP contribution in [0.4, 0.5) is 0 Å². The standard InChI is InChI=1S/C10H21NO5/c12-3-6-15-7-8-16-9-10(13)11-1-4-14-5-2-11/h10,12-13H,1-9H2. The molecule has 1 aliphatic heterocycles. The highest BCUT2D eigenvalue weighted by molar-refractivity contribution is 4.64. The highest BCUT2D eigenvalue weighted by Gasteiger charge is 2.18. The van der Waals surface area contributed by atoms with Crippen LogP contribution in [0, 0.1) is 0 Å². The lowest BCUT2D eigenvalue weighted by Crippen LogP contribution is -2.45. The first kappa shape index (κ1) is 13.8. The van der Waals surface area contributed by atoms with Crippen LogP contribution < -0.4 is 0 Å². The van der Waals surface area contributed by atoms with Crippen molar-refractivity contribution in [1.82, 2.24) is 4.90 Å². The first-order valence-electron chi connectivity index (χ1n) is 5.61. The summed E-state index contributed by atoms with van der Waals surface area (Å²) in [5.41, 5.74) is 0. The maximum atomic E-state index is 9.74. The van der Waals surface area contributed by atoms with Gasteiger partial charge in [-0.3, -0.25) is 4.90 Å². The summed E-state index contributed by atoms with van der Waals surface area (Å²) in [5.74, 6) is 0. The van der Waals surface area contributed by atoms with Crippen molar-refractivity contribution in [2.75, 3.05) is 59.3 Å². The molecule has 0 radical (unpaired) electrons. The maximum Gasteiger partial charge on any atom is 0.131 e. The topological polar surface area (TPSA) is 71.4 Å². The van der Waals surface area contributed by atoms with E-state index in [9.17, 15) is 5.11 Å². The lowest BCUT2D eigenvalue weighted by Gasteiger charge is -2.30. The van der Waals surface area contributed by atoms with Crippen molar-refractivity contribution in [3.05, 3.63) is 0 Å². The fraction of sp³-hybridized carbons (Fsp3) is 1.00. The number of aliphatic hydroxyl groups excluding tert-OH is 2. The third-order valence-corrected chi connectivity index (χ3v) is 2.34. The average molecular weight is 235 g/mol. The molecule has 6 nitrogen and oxygen atoms in total. The van der Waals surface area contributed by atoms with Crippen LogP contribution in [-0.4, -0.2) is 80.7 Å². The monoisotopic (exact) mass is 235 g/mol. The van der Waals surface area contributed by atoms with Crippen molar-refractivity contribution >= 4 is 0 Å². The molecule has 2 N–H and O–H groups in total. The van der Waals surface area contributed by atoms with E-state index in [4.69, 9.17) is 19.3 Å². The van der Waals surface area contributed by atoms with Crippen molar-refractivity contribution in [2.45, 2.75) is 6.23 Å². The number of rotatable bonds is 8. The van der Waals surface area contributed by atoms with Crippen molar-refractivity contribution in [1.29, 1.82) is 0 Å². The number of nitrogens with zero attached hydrogens (tertiary/aromatic N) is 1. The van der Waals surface area contributed by atoms with Crippen LogP contribution >= 0.6 is 0 Å². The van der Waals surface area contributed by atoms with E-state index in [1.54, 1.807) is 0 Å². The van der Waals surface area contributed by atoms with Crippen LogP contribution in [0.2, 0.25) is 0 Å². The SMILES string of the molecule is OCCOCCOCC(O)N1CCOCC1.